The van der Waals surface area contributed by atoms with Crippen LogP contribution in [0.15, 0.2) is 34.0 Å². The molecule has 2 N–H and O–H groups in total. The van der Waals surface area contributed by atoms with Crippen molar-refractivity contribution in [2.75, 3.05) is 0 Å². The maximum atomic E-state index is 13.6. The Bertz CT molecular complexity index is 657. The number of nitrogens with zero attached hydrogens (tertiary/aromatic N) is 1. The first kappa shape index (κ1) is 14.1. The van der Waals surface area contributed by atoms with Gasteiger partial charge in [0.15, 0.2) is 0 Å². The maximum absolute atomic E-state index is 13.6. The number of benzene rings is 1. The molecule has 0 fully saturated rings. The van der Waals surface area contributed by atoms with Gasteiger partial charge in [-0.2, -0.15) is 0 Å². The van der Waals surface area contributed by atoms with Gasteiger partial charge in [-0.1, -0.05) is 6.07 Å². The second-order valence-electron chi connectivity index (χ2n) is 3.73. The van der Waals surface area contributed by atoms with Gasteiger partial charge in [-0.15, -0.1) is 11.3 Å². The standard InChI is InChI=1S/C11H11FN2O3S2/c12-10-2-1-8(5-15)3-11(10)19(16,17)14-4-9-6-18-7-13-9/h1-3,6-7,14-15H,4-5H2. The highest BCUT2D eigenvalue weighted by atomic mass is 32.2. The van der Waals surface area contributed by atoms with Gasteiger partial charge >= 0.3 is 0 Å². The smallest absolute Gasteiger partial charge is 0.243 e. The molecule has 8 heteroatoms. The fourth-order valence-electron chi connectivity index (χ4n) is 1.42. The molecule has 0 bridgehead atoms. The lowest BCUT2D eigenvalue weighted by atomic mass is 10.2. The van der Waals surface area contributed by atoms with Crippen LogP contribution >= 0.6 is 11.3 Å². The summed E-state index contributed by atoms with van der Waals surface area (Å²) in [7, 11) is -3.97. The van der Waals surface area contributed by atoms with Crippen LogP contribution in [0.1, 0.15) is 11.3 Å². The zero-order valence-corrected chi connectivity index (χ0v) is 11.3. The lowest BCUT2D eigenvalue weighted by molar-refractivity contribution is 0.281. The zero-order chi connectivity index (χ0) is 13.9. The van der Waals surface area contributed by atoms with Crippen molar-refractivity contribution in [2.45, 2.75) is 18.0 Å². The third kappa shape index (κ3) is 3.35. The molecule has 0 saturated carbocycles. The summed E-state index contributed by atoms with van der Waals surface area (Å²) in [4.78, 5) is 3.45. The van der Waals surface area contributed by atoms with Crippen LogP contribution in [0.2, 0.25) is 0 Å². The van der Waals surface area contributed by atoms with Gasteiger partial charge in [0.25, 0.3) is 0 Å². The van der Waals surface area contributed by atoms with Crippen molar-refractivity contribution in [3.63, 3.8) is 0 Å². The van der Waals surface area contributed by atoms with Gasteiger partial charge in [-0.25, -0.2) is 22.5 Å². The molecule has 0 spiro atoms. The van der Waals surface area contributed by atoms with E-state index in [1.165, 1.54) is 17.4 Å². The van der Waals surface area contributed by atoms with Crippen molar-refractivity contribution in [3.05, 3.63) is 46.2 Å². The second kappa shape index (κ2) is 5.74. The molecule has 0 aliphatic heterocycles. The van der Waals surface area contributed by atoms with Crippen LogP contribution in [0.25, 0.3) is 0 Å². The average molecular weight is 302 g/mol. The first-order chi connectivity index (χ1) is 9.03. The Balaban J connectivity index is 2.23. The van der Waals surface area contributed by atoms with Gasteiger partial charge in [0, 0.05) is 5.38 Å². The number of sulfonamides is 1. The van der Waals surface area contributed by atoms with Crippen molar-refractivity contribution < 1.29 is 17.9 Å². The molecule has 102 valence electrons. The summed E-state index contributed by atoms with van der Waals surface area (Å²) in [6, 6.07) is 3.45. The fourth-order valence-corrected chi connectivity index (χ4v) is 3.11. The second-order valence-corrected chi connectivity index (χ2v) is 6.18. The molecule has 0 amide bonds. The van der Waals surface area contributed by atoms with E-state index in [0.717, 1.165) is 12.1 Å². The summed E-state index contributed by atoms with van der Waals surface area (Å²) in [6.45, 7) is -0.358. The normalized spacial score (nSPS) is 11.7. The number of hydrogen-bond acceptors (Lipinski definition) is 5. The van der Waals surface area contributed by atoms with Crippen molar-refractivity contribution in [1.29, 1.82) is 0 Å². The number of aliphatic hydroxyl groups excluding tert-OH is 1. The van der Waals surface area contributed by atoms with E-state index in [9.17, 15) is 12.8 Å². The minimum absolute atomic E-state index is 0.00533. The van der Waals surface area contributed by atoms with E-state index in [2.05, 4.69) is 9.71 Å². The number of halogens is 1. The predicted molar refractivity (Wildman–Crippen MR) is 68.5 cm³/mol. The number of aliphatic hydroxyl groups is 1. The number of thiazole rings is 1. The summed E-state index contributed by atoms with van der Waals surface area (Å²) >= 11 is 1.34. The van der Waals surface area contributed by atoms with Gasteiger partial charge in [0.05, 0.1) is 24.4 Å². The first-order valence-corrected chi connectivity index (χ1v) is 7.71. The van der Waals surface area contributed by atoms with Crippen LogP contribution in [-0.4, -0.2) is 18.5 Å². The third-order valence-electron chi connectivity index (χ3n) is 2.39. The Morgan fingerprint density at radius 3 is 2.84 bits per heavy atom. The molecule has 0 aliphatic rings. The minimum atomic E-state index is -3.97. The highest BCUT2D eigenvalue weighted by Crippen LogP contribution is 2.17. The summed E-state index contributed by atoms with van der Waals surface area (Å²) in [5, 5.41) is 10.6. The summed E-state index contributed by atoms with van der Waals surface area (Å²) < 4.78 is 39.7. The molecule has 1 heterocycles. The number of hydrogen-bond donors (Lipinski definition) is 2. The van der Waals surface area contributed by atoms with Crippen LogP contribution in [0, 0.1) is 5.82 Å². The van der Waals surface area contributed by atoms with Crippen LogP contribution in [-0.2, 0) is 23.2 Å². The SMILES string of the molecule is O=S(=O)(NCc1cscn1)c1cc(CO)ccc1F. The summed E-state index contributed by atoms with van der Waals surface area (Å²) in [5.41, 5.74) is 2.47. The molecule has 0 unspecified atom stereocenters. The largest absolute Gasteiger partial charge is 0.392 e. The Morgan fingerprint density at radius 1 is 1.42 bits per heavy atom. The van der Waals surface area contributed by atoms with Crippen LogP contribution in [0.4, 0.5) is 4.39 Å². The molecule has 0 atom stereocenters. The predicted octanol–water partition coefficient (Wildman–Crippen LogP) is 1.25. The molecule has 19 heavy (non-hydrogen) atoms. The first-order valence-electron chi connectivity index (χ1n) is 5.29. The highest BCUT2D eigenvalue weighted by molar-refractivity contribution is 7.89. The van der Waals surface area contributed by atoms with E-state index in [1.54, 1.807) is 10.9 Å². The topological polar surface area (TPSA) is 79.3 Å². The van der Waals surface area contributed by atoms with Crippen molar-refractivity contribution in [3.8, 4) is 0 Å². The molecule has 0 aliphatic carbocycles. The Morgan fingerprint density at radius 2 is 2.21 bits per heavy atom. The zero-order valence-electron chi connectivity index (χ0n) is 9.71. The van der Waals surface area contributed by atoms with E-state index in [1.807, 2.05) is 0 Å². The van der Waals surface area contributed by atoms with Crippen molar-refractivity contribution in [1.82, 2.24) is 9.71 Å². The Labute approximate surface area is 113 Å². The van der Waals surface area contributed by atoms with Gasteiger partial charge in [0.1, 0.15) is 10.7 Å². The van der Waals surface area contributed by atoms with Crippen LogP contribution in [0.5, 0.6) is 0 Å². The minimum Gasteiger partial charge on any atom is -0.392 e. The molecule has 1 aromatic heterocycles. The molecule has 1 aromatic carbocycles. The molecule has 5 nitrogen and oxygen atoms in total. The average Bonchev–Trinajstić information content (AvgIpc) is 2.90. The molecule has 0 saturated heterocycles. The van der Waals surface area contributed by atoms with Crippen molar-refractivity contribution >= 4 is 21.4 Å². The Kier molecular flexibility index (Phi) is 4.25. The molecular formula is C11H11FN2O3S2. The van der Waals surface area contributed by atoms with Crippen molar-refractivity contribution in [2.24, 2.45) is 0 Å². The lowest BCUT2D eigenvalue weighted by Gasteiger charge is -2.08. The Hall–Kier alpha value is -1.35. The van der Waals surface area contributed by atoms with Crippen LogP contribution < -0.4 is 4.72 Å². The number of nitrogens with one attached hydrogen (secondary N) is 1. The van der Waals surface area contributed by atoms with Gasteiger partial charge in [0.2, 0.25) is 10.0 Å². The monoisotopic (exact) mass is 302 g/mol. The number of rotatable bonds is 5. The molecule has 2 aromatic rings. The van der Waals surface area contributed by atoms with Gasteiger partial charge in [-0.3, -0.25) is 0 Å². The van der Waals surface area contributed by atoms with E-state index in [4.69, 9.17) is 5.11 Å². The lowest BCUT2D eigenvalue weighted by Crippen LogP contribution is -2.24. The van der Waals surface area contributed by atoms with Crippen LogP contribution in [0.3, 0.4) is 0 Å². The highest BCUT2D eigenvalue weighted by Gasteiger charge is 2.19. The summed E-state index contributed by atoms with van der Waals surface area (Å²) in [5.74, 6) is -0.858. The quantitative estimate of drug-likeness (QED) is 0.871. The molecule has 0 radical (unpaired) electrons. The van der Waals surface area contributed by atoms with Gasteiger partial charge < -0.3 is 5.11 Å². The maximum Gasteiger partial charge on any atom is 0.243 e. The fraction of sp³-hybridized carbons (Fsp3) is 0.182. The van der Waals surface area contributed by atoms with E-state index in [0.29, 0.717) is 11.3 Å². The van der Waals surface area contributed by atoms with E-state index < -0.39 is 20.7 Å². The van der Waals surface area contributed by atoms with Gasteiger partial charge in [-0.05, 0) is 17.7 Å². The third-order valence-corrected chi connectivity index (χ3v) is 4.45. The van der Waals surface area contributed by atoms with E-state index >= 15 is 0 Å². The molecule has 2 rings (SSSR count). The number of aromatic nitrogens is 1. The molecular weight excluding hydrogens is 291 g/mol. The summed E-state index contributed by atoms with van der Waals surface area (Å²) in [6.07, 6.45) is 0. The van der Waals surface area contributed by atoms with E-state index in [-0.39, 0.29) is 13.2 Å².